The molecule has 74 valence electrons. The van der Waals surface area contributed by atoms with Crippen LogP contribution in [0.15, 0.2) is 5.51 Å². The van der Waals surface area contributed by atoms with Crippen molar-refractivity contribution in [3.8, 4) is 0 Å². The summed E-state index contributed by atoms with van der Waals surface area (Å²) in [6.45, 7) is 0. The Labute approximate surface area is 84.9 Å². The summed E-state index contributed by atoms with van der Waals surface area (Å²) in [6, 6.07) is 0. The van der Waals surface area contributed by atoms with Gasteiger partial charge in [-0.05, 0) is 12.8 Å². The van der Waals surface area contributed by atoms with Gasteiger partial charge in [0.2, 0.25) is 4.96 Å². The number of aromatic nitrogens is 4. The third kappa shape index (κ3) is 1.01. The Bertz CT molecular complexity index is 453. The molecule has 14 heavy (non-hydrogen) atoms. The van der Waals surface area contributed by atoms with E-state index in [4.69, 9.17) is 5.73 Å². The SMILES string of the molecule is NC1(c2nnc3scnn23)CCCC1. The lowest BCUT2D eigenvalue weighted by atomic mass is 9.99. The summed E-state index contributed by atoms with van der Waals surface area (Å²) in [4.78, 5) is 0.830. The molecule has 0 aromatic carbocycles. The van der Waals surface area contributed by atoms with Crippen LogP contribution >= 0.6 is 11.3 Å². The third-order valence-electron chi connectivity index (χ3n) is 2.87. The number of hydrogen-bond acceptors (Lipinski definition) is 5. The van der Waals surface area contributed by atoms with Crippen LogP contribution in [0.5, 0.6) is 0 Å². The monoisotopic (exact) mass is 209 g/mol. The molecule has 3 rings (SSSR count). The van der Waals surface area contributed by atoms with E-state index in [0.717, 1.165) is 23.6 Å². The predicted molar refractivity (Wildman–Crippen MR) is 53.0 cm³/mol. The summed E-state index contributed by atoms with van der Waals surface area (Å²) < 4.78 is 1.77. The molecule has 1 saturated carbocycles. The molecule has 6 heteroatoms. The van der Waals surface area contributed by atoms with E-state index in [-0.39, 0.29) is 5.54 Å². The highest BCUT2D eigenvalue weighted by molar-refractivity contribution is 7.14. The maximum absolute atomic E-state index is 6.29. The Kier molecular flexibility index (Phi) is 1.63. The molecule has 0 aliphatic heterocycles. The zero-order chi connectivity index (χ0) is 9.60. The largest absolute Gasteiger partial charge is 0.319 e. The van der Waals surface area contributed by atoms with E-state index >= 15 is 0 Å². The standard InChI is InChI=1S/C8H11N5S/c9-8(3-1-2-4-8)6-11-12-7-13(6)10-5-14-7/h5H,1-4,9H2. The minimum absolute atomic E-state index is 0.298. The van der Waals surface area contributed by atoms with Gasteiger partial charge in [-0.15, -0.1) is 10.2 Å². The molecular formula is C8H11N5S. The maximum Gasteiger partial charge on any atom is 0.234 e. The van der Waals surface area contributed by atoms with Gasteiger partial charge in [0.25, 0.3) is 0 Å². The first-order valence-electron chi connectivity index (χ1n) is 4.74. The topological polar surface area (TPSA) is 69.1 Å². The molecule has 2 N–H and O–H groups in total. The van der Waals surface area contributed by atoms with Crippen LogP contribution in [0.2, 0.25) is 0 Å². The molecule has 5 nitrogen and oxygen atoms in total. The first-order valence-corrected chi connectivity index (χ1v) is 5.62. The molecule has 0 unspecified atom stereocenters. The van der Waals surface area contributed by atoms with Gasteiger partial charge in [-0.1, -0.05) is 24.2 Å². The van der Waals surface area contributed by atoms with Crippen molar-refractivity contribution in [2.24, 2.45) is 5.73 Å². The summed E-state index contributed by atoms with van der Waals surface area (Å²) in [5.74, 6) is 0.825. The fourth-order valence-corrected chi connectivity index (χ4v) is 2.66. The van der Waals surface area contributed by atoms with Gasteiger partial charge in [0.15, 0.2) is 5.82 Å². The third-order valence-corrected chi connectivity index (χ3v) is 3.54. The first kappa shape index (κ1) is 8.31. The van der Waals surface area contributed by atoms with Crippen LogP contribution in [0.25, 0.3) is 4.96 Å². The molecular weight excluding hydrogens is 198 g/mol. The second kappa shape index (κ2) is 2.74. The molecule has 1 aliphatic carbocycles. The van der Waals surface area contributed by atoms with E-state index in [1.165, 1.54) is 24.2 Å². The Hall–Kier alpha value is -1.01. The molecule has 2 aromatic rings. The number of nitrogens with two attached hydrogens (primary N) is 1. The van der Waals surface area contributed by atoms with Gasteiger partial charge >= 0.3 is 0 Å². The highest BCUT2D eigenvalue weighted by Crippen LogP contribution is 2.35. The quantitative estimate of drug-likeness (QED) is 0.758. The molecule has 2 aromatic heterocycles. The second-order valence-electron chi connectivity index (χ2n) is 3.82. The molecule has 0 radical (unpaired) electrons. The van der Waals surface area contributed by atoms with Gasteiger partial charge in [0.1, 0.15) is 5.51 Å². The van der Waals surface area contributed by atoms with Gasteiger partial charge in [0.05, 0.1) is 5.54 Å². The number of fused-ring (bicyclic) bond motifs is 1. The lowest BCUT2D eigenvalue weighted by molar-refractivity contribution is 0.421. The van der Waals surface area contributed by atoms with Gasteiger partial charge in [-0.25, -0.2) is 0 Å². The molecule has 0 bridgehead atoms. The van der Waals surface area contributed by atoms with E-state index in [0.29, 0.717) is 0 Å². The highest BCUT2D eigenvalue weighted by Gasteiger charge is 2.36. The molecule has 1 fully saturated rings. The van der Waals surface area contributed by atoms with Crippen LogP contribution in [-0.2, 0) is 5.54 Å². The van der Waals surface area contributed by atoms with Gasteiger partial charge in [0, 0.05) is 0 Å². The van der Waals surface area contributed by atoms with E-state index in [9.17, 15) is 0 Å². The van der Waals surface area contributed by atoms with E-state index in [1.54, 1.807) is 10.0 Å². The van der Waals surface area contributed by atoms with Crippen LogP contribution in [0.1, 0.15) is 31.5 Å². The fourth-order valence-electron chi connectivity index (χ4n) is 2.10. The summed E-state index contributed by atoms with van der Waals surface area (Å²) >= 11 is 1.49. The Morgan fingerprint density at radius 1 is 1.36 bits per heavy atom. The van der Waals surface area contributed by atoms with Crippen molar-refractivity contribution in [3.05, 3.63) is 11.3 Å². The van der Waals surface area contributed by atoms with Crippen molar-refractivity contribution in [2.75, 3.05) is 0 Å². The Balaban J connectivity index is 2.17. The van der Waals surface area contributed by atoms with Gasteiger partial charge in [-0.2, -0.15) is 9.61 Å². The molecule has 0 spiro atoms. The van der Waals surface area contributed by atoms with Crippen LogP contribution in [0.4, 0.5) is 0 Å². The van der Waals surface area contributed by atoms with Crippen LogP contribution in [-0.4, -0.2) is 19.8 Å². The van der Waals surface area contributed by atoms with E-state index in [2.05, 4.69) is 15.3 Å². The zero-order valence-corrected chi connectivity index (χ0v) is 8.50. The van der Waals surface area contributed by atoms with Crippen molar-refractivity contribution in [3.63, 3.8) is 0 Å². The summed E-state index contributed by atoms with van der Waals surface area (Å²) in [5, 5.41) is 12.4. The minimum atomic E-state index is -0.298. The van der Waals surface area contributed by atoms with E-state index in [1.807, 2.05) is 0 Å². The van der Waals surface area contributed by atoms with Gasteiger partial charge in [-0.3, -0.25) is 0 Å². The van der Waals surface area contributed by atoms with Crippen molar-refractivity contribution in [1.82, 2.24) is 19.8 Å². The van der Waals surface area contributed by atoms with Crippen molar-refractivity contribution >= 4 is 16.3 Å². The summed E-state index contributed by atoms with van der Waals surface area (Å²) in [6.07, 6.45) is 4.34. The molecule has 1 aliphatic rings. The number of rotatable bonds is 1. The fraction of sp³-hybridized carbons (Fsp3) is 0.625. The minimum Gasteiger partial charge on any atom is -0.319 e. The average molecular weight is 209 g/mol. The van der Waals surface area contributed by atoms with Crippen molar-refractivity contribution < 1.29 is 0 Å². The normalized spacial score (nSPS) is 20.6. The van der Waals surface area contributed by atoms with Crippen molar-refractivity contribution in [2.45, 2.75) is 31.2 Å². The predicted octanol–water partition coefficient (Wildman–Crippen LogP) is 0.914. The lowest BCUT2D eigenvalue weighted by Gasteiger charge is -2.19. The molecule has 0 saturated heterocycles. The Morgan fingerprint density at radius 2 is 2.14 bits per heavy atom. The summed E-state index contributed by atoms with van der Waals surface area (Å²) in [7, 11) is 0. The highest BCUT2D eigenvalue weighted by atomic mass is 32.1. The number of hydrogen-bond donors (Lipinski definition) is 1. The smallest absolute Gasteiger partial charge is 0.234 e. The maximum atomic E-state index is 6.29. The summed E-state index contributed by atoms with van der Waals surface area (Å²) in [5.41, 5.74) is 7.76. The van der Waals surface area contributed by atoms with Crippen LogP contribution < -0.4 is 5.73 Å². The molecule has 0 amide bonds. The second-order valence-corrected chi connectivity index (χ2v) is 4.63. The molecule has 2 heterocycles. The van der Waals surface area contributed by atoms with Crippen LogP contribution in [0.3, 0.4) is 0 Å². The van der Waals surface area contributed by atoms with E-state index < -0.39 is 0 Å². The number of nitrogens with zero attached hydrogens (tertiary/aromatic N) is 4. The Morgan fingerprint density at radius 3 is 2.93 bits per heavy atom. The van der Waals surface area contributed by atoms with Crippen LogP contribution in [0, 0.1) is 0 Å². The average Bonchev–Trinajstić information content (AvgIpc) is 2.76. The zero-order valence-electron chi connectivity index (χ0n) is 7.68. The molecule has 0 atom stereocenters. The first-order chi connectivity index (χ1) is 6.80. The lowest BCUT2D eigenvalue weighted by Crippen LogP contribution is -2.35. The van der Waals surface area contributed by atoms with Gasteiger partial charge < -0.3 is 5.73 Å². The van der Waals surface area contributed by atoms with Crippen molar-refractivity contribution in [1.29, 1.82) is 0 Å².